The standard InChI is InChI=1S/C11H22N2O/c1-14-11-4-2-3-10(11)13-6-5-9-7-12-8-9/h9-13H,2-8H2,1H3. The van der Waals surface area contributed by atoms with Gasteiger partial charge in [-0.05, 0) is 51.2 Å². The van der Waals surface area contributed by atoms with Crippen molar-refractivity contribution >= 4 is 0 Å². The Morgan fingerprint density at radius 3 is 2.86 bits per heavy atom. The third-order valence-electron chi connectivity index (χ3n) is 3.58. The van der Waals surface area contributed by atoms with E-state index in [0.717, 1.165) is 12.5 Å². The molecule has 0 radical (unpaired) electrons. The second kappa shape index (κ2) is 5.10. The number of methoxy groups -OCH3 is 1. The highest BCUT2D eigenvalue weighted by Gasteiger charge is 2.26. The molecule has 1 aliphatic carbocycles. The summed E-state index contributed by atoms with van der Waals surface area (Å²) < 4.78 is 5.45. The van der Waals surface area contributed by atoms with Crippen LogP contribution in [0.2, 0.25) is 0 Å². The summed E-state index contributed by atoms with van der Waals surface area (Å²) in [5.41, 5.74) is 0. The molecule has 3 heteroatoms. The van der Waals surface area contributed by atoms with E-state index >= 15 is 0 Å². The van der Waals surface area contributed by atoms with Gasteiger partial charge in [0.15, 0.2) is 0 Å². The maximum absolute atomic E-state index is 5.45. The predicted octanol–water partition coefficient (Wildman–Crippen LogP) is 0.753. The van der Waals surface area contributed by atoms with Crippen LogP contribution < -0.4 is 10.6 Å². The minimum atomic E-state index is 0.467. The molecule has 0 amide bonds. The highest BCUT2D eigenvalue weighted by molar-refractivity contribution is 4.84. The zero-order valence-corrected chi connectivity index (χ0v) is 9.09. The average molecular weight is 198 g/mol. The molecule has 82 valence electrons. The lowest BCUT2D eigenvalue weighted by Crippen LogP contribution is -2.45. The molecule has 0 spiro atoms. The summed E-state index contributed by atoms with van der Waals surface area (Å²) in [6, 6.07) is 0.619. The molecule has 2 fully saturated rings. The minimum absolute atomic E-state index is 0.467. The van der Waals surface area contributed by atoms with Crippen molar-refractivity contribution in [2.75, 3.05) is 26.7 Å². The Morgan fingerprint density at radius 2 is 2.21 bits per heavy atom. The maximum atomic E-state index is 5.45. The lowest BCUT2D eigenvalue weighted by atomic mass is 9.99. The minimum Gasteiger partial charge on any atom is -0.380 e. The van der Waals surface area contributed by atoms with Crippen molar-refractivity contribution < 1.29 is 4.74 Å². The van der Waals surface area contributed by atoms with Crippen LogP contribution in [0.15, 0.2) is 0 Å². The molecule has 1 saturated carbocycles. The van der Waals surface area contributed by atoms with Gasteiger partial charge in [-0.3, -0.25) is 0 Å². The molecular formula is C11H22N2O. The summed E-state index contributed by atoms with van der Waals surface area (Å²) in [5, 5.41) is 6.94. The zero-order valence-electron chi connectivity index (χ0n) is 9.09. The number of hydrogen-bond donors (Lipinski definition) is 2. The third-order valence-corrected chi connectivity index (χ3v) is 3.58. The summed E-state index contributed by atoms with van der Waals surface area (Å²) in [7, 11) is 1.83. The number of nitrogens with one attached hydrogen (secondary N) is 2. The van der Waals surface area contributed by atoms with Gasteiger partial charge in [0.1, 0.15) is 0 Å². The molecule has 0 bridgehead atoms. The van der Waals surface area contributed by atoms with Crippen LogP contribution in [0.3, 0.4) is 0 Å². The van der Waals surface area contributed by atoms with Crippen molar-refractivity contribution in [1.82, 2.24) is 10.6 Å². The second-order valence-electron chi connectivity index (χ2n) is 4.58. The van der Waals surface area contributed by atoms with Gasteiger partial charge in [0, 0.05) is 13.2 Å². The monoisotopic (exact) mass is 198 g/mol. The highest BCUT2D eigenvalue weighted by atomic mass is 16.5. The Kier molecular flexibility index (Phi) is 3.79. The van der Waals surface area contributed by atoms with Gasteiger partial charge in [-0.2, -0.15) is 0 Å². The van der Waals surface area contributed by atoms with Gasteiger partial charge < -0.3 is 15.4 Å². The van der Waals surface area contributed by atoms with Crippen LogP contribution in [0.4, 0.5) is 0 Å². The Hall–Kier alpha value is -0.120. The van der Waals surface area contributed by atoms with Gasteiger partial charge in [0.2, 0.25) is 0 Å². The van der Waals surface area contributed by atoms with E-state index in [0.29, 0.717) is 12.1 Å². The van der Waals surface area contributed by atoms with Crippen molar-refractivity contribution in [2.45, 2.75) is 37.8 Å². The maximum Gasteiger partial charge on any atom is 0.0724 e. The van der Waals surface area contributed by atoms with Crippen LogP contribution in [-0.4, -0.2) is 38.9 Å². The molecule has 0 aromatic heterocycles. The van der Waals surface area contributed by atoms with Gasteiger partial charge in [0.25, 0.3) is 0 Å². The topological polar surface area (TPSA) is 33.3 Å². The molecule has 2 N–H and O–H groups in total. The summed E-state index contributed by atoms with van der Waals surface area (Å²) in [4.78, 5) is 0. The van der Waals surface area contributed by atoms with Crippen molar-refractivity contribution in [3.8, 4) is 0 Å². The molecular weight excluding hydrogens is 176 g/mol. The summed E-state index contributed by atoms with van der Waals surface area (Å²) >= 11 is 0. The fourth-order valence-electron chi connectivity index (χ4n) is 2.47. The normalized spacial score (nSPS) is 33.2. The molecule has 2 rings (SSSR count). The molecule has 2 atom stereocenters. The van der Waals surface area contributed by atoms with Crippen molar-refractivity contribution in [1.29, 1.82) is 0 Å². The van der Waals surface area contributed by atoms with Gasteiger partial charge in [-0.15, -0.1) is 0 Å². The van der Waals surface area contributed by atoms with Crippen molar-refractivity contribution in [3.05, 3.63) is 0 Å². The van der Waals surface area contributed by atoms with Crippen LogP contribution in [0.5, 0.6) is 0 Å². The molecule has 0 aromatic carbocycles. The molecule has 1 saturated heterocycles. The Bertz CT molecular complexity index is 171. The predicted molar refractivity (Wildman–Crippen MR) is 57.4 cm³/mol. The van der Waals surface area contributed by atoms with Crippen LogP contribution in [-0.2, 0) is 4.74 Å². The quantitative estimate of drug-likeness (QED) is 0.684. The molecule has 2 aliphatic rings. The molecule has 1 aliphatic heterocycles. The molecule has 3 nitrogen and oxygen atoms in total. The van der Waals surface area contributed by atoms with E-state index in [4.69, 9.17) is 4.74 Å². The average Bonchev–Trinajstić information content (AvgIpc) is 2.56. The van der Waals surface area contributed by atoms with E-state index < -0.39 is 0 Å². The van der Waals surface area contributed by atoms with Crippen LogP contribution in [0, 0.1) is 5.92 Å². The van der Waals surface area contributed by atoms with E-state index in [1.165, 1.54) is 38.8 Å². The SMILES string of the molecule is COC1CCCC1NCCC1CNC1. The van der Waals surface area contributed by atoms with E-state index in [-0.39, 0.29) is 0 Å². The number of hydrogen-bond acceptors (Lipinski definition) is 3. The van der Waals surface area contributed by atoms with Crippen LogP contribution >= 0.6 is 0 Å². The fraction of sp³-hybridized carbons (Fsp3) is 1.00. The van der Waals surface area contributed by atoms with Crippen molar-refractivity contribution in [2.24, 2.45) is 5.92 Å². The smallest absolute Gasteiger partial charge is 0.0724 e. The largest absolute Gasteiger partial charge is 0.380 e. The first-order valence-corrected chi connectivity index (χ1v) is 5.87. The van der Waals surface area contributed by atoms with E-state index in [1.54, 1.807) is 0 Å². The Labute approximate surface area is 86.6 Å². The first kappa shape index (κ1) is 10.4. The summed E-state index contributed by atoms with van der Waals surface area (Å²) in [6.45, 7) is 3.61. The molecule has 0 aromatic rings. The van der Waals surface area contributed by atoms with Gasteiger partial charge in [-0.25, -0.2) is 0 Å². The second-order valence-corrected chi connectivity index (χ2v) is 4.58. The van der Waals surface area contributed by atoms with Crippen LogP contribution in [0.1, 0.15) is 25.7 Å². The zero-order chi connectivity index (χ0) is 9.80. The lowest BCUT2D eigenvalue weighted by Gasteiger charge is -2.28. The van der Waals surface area contributed by atoms with Gasteiger partial charge in [0.05, 0.1) is 6.10 Å². The number of rotatable bonds is 5. The summed E-state index contributed by atoms with van der Waals surface area (Å²) in [5.74, 6) is 0.921. The van der Waals surface area contributed by atoms with Crippen LogP contribution in [0.25, 0.3) is 0 Å². The van der Waals surface area contributed by atoms with Crippen molar-refractivity contribution in [3.63, 3.8) is 0 Å². The molecule has 2 unspecified atom stereocenters. The molecule has 14 heavy (non-hydrogen) atoms. The van der Waals surface area contributed by atoms with E-state index in [9.17, 15) is 0 Å². The van der Waals surface area contributed by atoms with E-state index in [1.807, 2.05) is 7.11 Å². The Morgan fingerprint density at radius 1 is 1.36 bits per heavy atom. The first-order valence-electron chi connectivity index (χ1n) is 5.87. The highest BCUT2D eigenvalue weighted by Crippen LogP contribution is 2.21. The van der Waals surface area contributed by atoms with Gasteiger partial charge in [-0.1, -0.05) is 0 Å². The molecule has 1 heterocycles. The van der Waals surface area contributed by atoms with E-state index in [2.05, 4.69) is 10.6 Å². The fourth-order valence-corrected chi connectivity index (χ4v) is 2.47. The van der Waals surface area contributed by atoms with Gasteiger partial charge >= 0.3 is 0 Å². The lowest BCUT2D eigenvalue weighted by molar-refractivity contribution is 0.0845. The summed E-state index contributed by atoms with van der Waals surface area (Å²) in [6.07, 6.45) is 5.64. The first-order chi connectivity index (χ1) is 6.90. The number of ether oxygens (including phenoxy) is 1. The Balaban J connectivity index is 1.59. The third kappa shape index (κ3) is 2.47.